The van der Waals surface area contributed by atoms with E-state index in [1.54, 1.807) is 0 Å². The lowest BCUT2D eigenvalue weighted by atomic mass is 10.1. The average Bonchev–Trinajstić information content (AvgIpc) is 2.81. The van der Waals surface area contributed by atoms with Crippen molar-refractivity contribution >= 4 is 16.8 Å². The van der Waals surface area contributed by atoms with Crippen molar-refractivity contribution in [3.8, 4) is 0 Å². The predicted molar refractivity (Wildman–Crippen MR) is 77.0 cm³/mol. The van der Waals surface area contributed by atoms with Crippen molar-refractivity contribution in [3.63, 3.8) is 0 Å². The maximum Gasteiger partial charge on any atom is 0.221 e. The molecular formula is C15H21N3O. The van der Waals surface area contributed by atoms with Gasteiger partial charge in [-0.15, -0.1) is 0 Å². The summed E-state index contributed by atoms with van der Waals surface area (Å²) in [6, 6.07) is 6.15. The fourth-order valence-corrected chi connectivity index (χ4v) is 2.13. The number of carbonyl (C=O) groups excluding carboxylic acids is 1. The Morgan fingerprint density at radius 3 is 3.05 bits per heavy atom. The van der Waals surface area contributed by atoms with E-state index in [-0.39, 0.29) is 5.91 Å². The summed E-state index contributed by atoms with van der Waals surface area (Å²) in [5.74, 6) is 0.102. The molecule has 0 aliphatic carbocycles. The molecule has 0 bridgehead atoms. The van der Waals surface area contributed by atoms with E-state index < -0.39 is 0 Å². The number of fused-ring (bicyclic) bond motifs is 1. The summed E-state index contributed by atoms with van der Waals surface area (Å²) in [7, 11) is 0. The molecule has 102 valence electrons. The van der Waals surface area contributed by atoms with Crippen LogP contribution >= 0.6 is 0 Å². The Morgan fingerprint density at radius 2 is 2.26 bits per heavy atom. The molecule has 0 saturated heterocycles. The van der Waals surface area contributed by atoms with Crippen LogP contribution in [0, 0.1) is 6.92 Å². The quantitative estimate of drug-likeness (QED) is 0.811. The predicted octanol–water partition coefficient (Wildman–Crippen LogP) is 2.65. The number of hydrogen-bond acceptors (Lipinski definition) is 2. The van der Waals surface area contributed by atoms with Gasteiger partial charge in [-0.3, -0.25) is 9.48 Å². The number of benzene rings is 1. The topological polar surface area (TPSA) is 46.9 Å². The molecule has 1 aromatic carbocycles. The van der Waals surface area contributed by atoms with Gasteiger partial charge in [0.2, 0.25) is 5.91 Å². The zero-order chi connectivity index (χ0) is 13.7. The van der Waals surface area contributed by atoms with Crippen LogP contribution in [0.2, 0.25) is 0 Å². The van der Waals surface area contributed by atoms with Crippen molar-refractivity contribution in [1.29, 1.82) is 0 Å². The Bertz CT molecular complexity index is 560. The second-order valence-corrected chi connectivity index (χ2v) is 4.83. The van der Waals surface area contributed by atoms with E-state index in [4.69, 9.17) is 0 Å². The number of amides is 1. The third-order valence-electron chi connectivity index (χ3n) is 3.31. The van der Waals surface area contributed by atoms with Gasteiger partial charge in [-0.05, 0) is 25.0 Å². The minimum absolute atomic E-state index is 0.102. The molecule has 0 atom stereocenters. The number of nitrogens with zero attached hydrogens (tertiary/aromatic N) is 2. The van der Waals surface area contributed by atoms with Gasteiger partial charge in [-0.25, -0.2) is 0 Å². The number of aromatic nitrogens is 2. The Morgan fingerprint density at radius 1 is 1.42 bits per heavy atom. The van der Waals surface area contributed by atoms with Crippen LogP contribution in [0.4, 0.5) is 0 Å². The number of rotatable bonds is 6. The number of aryl methyl sites for hydroxylation is 2. The highest BCUT2D eigenvalue weighted by Gasteiger charge is 2.06. The van der Waals surface area contributed by atoms with Crippen LogP contribution in [0.25, 0.3) is 10.9 Å². The van der Waals surface area contributed by atoms with E-state index in [0.717, 1.165) is 30.3 Å². The van der Waals surface area contributed by atoms with Crippen molar-refractivity contribution in [2.45, 2.75) is 39.7 Å². The molecule has 2 rings (SSSR count). The lowest BCUT2D eigenvalue weighted by molar-refractivity contribution is -0.121. The summed E-state index contributed by atoms with van der Waals surface area (Å²) in [4.78, 5) is 11.7. The first-order valence-electron chi connectivity index (χ1n) is 6.90. The van der Waals surface area contributed by atoms with Crippen LogP contribution in [0.15, 0.2) is 24.4 Å². The SMILES string of the molecule is CCCCNC(=O)CCn1ncc2c(C)cccc21. The maximum atomic E-state index is 11.7. The van der Waals surface area contributed by atoms with Crippen LogP contribution in [-0.2, 0) is 11.3 Å². The average molecular weight is 259 g/mol. The molecule has 0 spiro atoms. The van der Waals surface area contributed by atoms with Gasteiger partial charge in [0.15, 0.2) is 0 Å². The van der Waals surface area contributed by atoms with Crippen LogP contribution < -0.4 is 5.32 Å². The van der Waals surface area contributed by atoms with Gasteiger partial charge in [-0.1, -0.05) is 25.5 Å². The molecule has 0 aliphatic heterocycles. The van der Waals surface area contributed by atoms with E-state index in [1.807, 2.05) is 23.0 Å². The molecule has 19 heavy (non-hydrogen) atoms. The van der Waals surface area contributed by atoms with E-state index in [0.29, 0.717) is 13.0 Å². The van der Waals surface area contributed by atoms with Crippen molar-refractivity contribution in [1.82, 2.24) is 15.1 Å². The molecular weight excluding hydrogens is 238 g/mol. The number of unbranched alkanes of at least 4 members (excludes halogenated alkanes) is 1. The zero-order valence-electron chi connectivity index (χ0n) is 11.6. The smallest absolute Gasteiger partial charge is 0.221 e. The first kappa shape index (κ1) is 13.6. The molecule has 4 heteroatoms. The van der Waals surface area contributed by atoms with Gasteiger partial charge >= 0.3 is 0 Å². The normalized spacial score (nSPS) is 10.8. The highest BCUT2D eigenvalue weighted by atomic mass is 16.1. The van der Waals surface area contributed by atoms with Gasteiger partial charge < -0.3 is 5.32 Å². The minimum atomic E-state index is 0.102. The Balaban J connectivity index is 1.95. The summed E-state index contributed by atoms with van der Waals surface area (Å²) in [5.41, 5.74) is 2.32. The van der Waals surface area contributed by atoms with Crippen molar-refractivity contribution in [2.24, 2.45) is 0 Å². The third kappa shape index (κ3) is 3.34. The van der Waals surface area contributed by atoms with Gasteiger partial charge in [-0.2, -0.15) is 5.10 Å². The fourth-order valence-electron chi connectivity index (χ4n) is 2.13. The molecule has 0 aliphatic rings. The maximum absolute atomic E-state index is 11.7. The van der Waals surface area contributed by atoms with Crippen molar-refractivity contribution in [3.05, 3.63) is 30.0 Å². The number of carbonyl (C=O) groups is 1. The molecule has 1 amide bonds. The Hall–Kier alpha value is -1.84. The highest BCUT2D eigenvalue weighted by Crippen LogP contribution is 2.17. The molecule has 2 aromatic rings. The molecule has 4 nitrogen and oxygen atoms in total. The van der Waals surface area contributed by atoms with Crippen LogP contribution in [0.1, 0.15) is 31.7 Å². The lowest BCUT2D eigenvalue weighted by Gasteiger charge is -2.05. The largest absolute Gasteiger partial charge is 0.356 e. The van der Waals surface area contributed by atoms with Crippen LogP contribution in [-0.4, -0.2) is 22.2 Å². The lowest BCUT2D eigenvalue weighted by Crippen LogP contribution is -2.25. The second kappa shape index (κ2) is 6.36. The van der Waals surface area contributed by atoms with Gasteiger partial charge in [0.05, 0.1) is 18.3 Å². The highest BCUT2D eigenvalue weighted by molar-refractivity contribution is 5.82. The van der Waals surface area contributed by atoms with Crippen molar-refractivity contribution < 1.29 is 4.79 Å². The fraction of sp³-hybridized carbons (Fsp3) is 0.467. The van der Waals surface area contributed by atoms with Gasteiger partial charge in [0, 0.05) is 18.4 Å². The first-order valence-corrected chi connectivity index (χ1v) is 6.90. The minimum Gasteiger partial charge on any atom is -0.356 e. The monoisotopic (exact) mass is 259 g/mol. The van der Waals surface area contributed by atoms with Gasteiger partial charge in [0.1, 0.15) is 0 Å². The zero-order valence-corrected chi connectivity index (χ0v) is 11.6. The van der Waals surface area contributed by atoms with E-state index in [2.05, 4.69) is 30.3 Å². The van der Waals surface area contributed by atoms with Crippen LogP contribution in [0.3, 0.4) is 0 Å². The molecule has 1 N–H and O–H groups in total. The van der Waals surface area contributed by atoms with Crippen molar-refractivity contribution in [2.75, 3.05) is 6.54 Å². The van der Waals surface area contributed by atoms with E-state index in [9.17, 15) is 4.79 Å². The summed E-state index contributed by atoms with van der Waals surface area (Å²) in [5, 5.41) is 8.45. The van der Waals surface area contributed by atoms with Crippen LogP contribution in [0.5, 0.6) is 0 Å². The number of hydrogen-bond donors (Lipinski definition) is 1. The molecule has 1 aromatic heterocycles. The number of nitrogens with one attached hydrogen (secondary N) is 1. The molecule has 0 saturated carbocycles. The molecule has 1 heterocycles. The summed E-state index contributed by atoms with van der Waals surface area (Å²) >= 11 is 0. The third-order valence-corrected chi connectivity index (χ3v) is 3.31. The molecule has 0 unspecified atom stereocenters. The summed E-state index contributed by atoms with van der Waals surface area (Å²) in [6.07, 6.45) is 4.49. The molecule has 0 fully saturated rings. The Labute approximate surface area is 113 Å². The molecule has 0 radical (unpaired) electrons. The first-order chi connectivity index (χ1) is 9.22. The second-order valence-electron chi connectivity index (χ2n) is 4.83. The summed E-state index contributed by atoms with van der Waals surface area (Å²) in [6.45, 7) is 5.59. The van der Waals surface area contributed by atoms with E-state index >= 15 is 0 Å². The van der Waals surface area contributed by atoms with Gasteiger partial charge in [0.25, 0.3) is 0 Å². The Kier molecular flexibility index (Phi) is 4.55. The standard InChI is InChI=1S/C15H21N3O/c1-3-4-9-16-15(19)8-10-18-14-7-5-6-12(2)13(14)11-17-18/h5-7,11H,3-4,8-10H2,1-2H3,(H,16,19). The summed E-state index contributed by atoms with van der Waals surface area (Å²) < 4.78 is 1.90. The van der Waals surface area contributed by atoms with E-state index in [1.165, 1.54) is 5.56 Å².